The molecule has 0 unspecified atom stereocenters. The summed E-state index contributed by atoms with van der Waals surface area (Å²) in [4.78, 5) is 49.1. The number of benzene rings is 1. The number of nitrogens with one attached hydrogen (secondary N) is 1. The Labute approximate surface area is 181 Å². The molecule has 0 saturated carbocycles. The summed E-state index contributed by atoms with van der Waals surface area (Å²) < 4.78 is 10.3. The van der Waals surface area contributed by atoms with E-state index in [1.54, 1.807) is 11.8 Å². The van der Waals surface area contributed by atoms with Gasteiger partial charge >= 0.3 is 5.97 Å². The molecule has 1 N–H and O–H groups in total. The van der Waals surface area contributed by atoms with Crippen LogP contribution in [0.4, 0.5) is 11.4 Å². The summed E-state index contributed by atoms with van der Waals surface area (Å²) in [6.45, 7) is 8.02. The van der Waals surface area contributed by atoms with E-state index in [4.69, 9.17) is 9.47 Å². The van der Waals surface area contributed by atoms with Gasteiger partial charge in [0.1, 0.15) is 11.4 Å². The monoisotopic (exact) mass is 435 g/mol. The van der Waals surface area contributed by atoms with Crippen LogP contribution in [0.25, 0.3) is 0 Å². The highest BCUT2D eigenvalue weighted by molar-refractivity contribution is 5.95. The lowest BCUT2D eigenvalue weighted by atomic mass is 9.91. The van der Waals surface area contributed by atoms with E-state index in [2.05, 4.69) is 5.32 Å². The Kier molecular flexibility index (Phi) is 7.95. The number of anilines is 1. The number of hydrogen-bond acceptors (Lipinski definition) is 7. The first-order valence-electron chi connectivity index (χ1n) is 10.2. The third-order valence-electron chi connectivity index (χ3n) is 4.85. The van der Waals surface area contributed by atoms with Crippen LogP contribution in [0.5, 0.6) is 5.75 Å². The number of amides is 2. The Morgan fingerprint density at radius 2 is 1.87 bits per heavy atom. The zero-order valence-corrected chi connectivity index (χ0v) is 18.3. The molecule has 1 aliphatic heterocycles. The molecule has 2 amide bonds. The molecule has 1 heterocycles. The van der Waals surface area contributed by atoms with Gasteiger partial charge in [0.25, 0.3) is 11.6 Å². The molecule has 0 spiro atoms. The maximum absolute atomic E-state index is 12.3. The SMILES string of the molecule is CCOc1ccc(NC(=O)COC(=O)C2CCN(C(=O)C(C)(C)C)CC2)c([N+](=O)[O-])c1. The lowest BCUT2D eigenvalue weighted by molar-refractivity contribution is -0.384. The highest BCUT2D eigenvalue weighted by Gasteiger charge is 2.33. The summed E-state index contributed by atoms with van der Waals surface area (Å²) in [6, 6.07) is 4.09. The van der Waals surface area contributed by atoms with Gasteiger partial charge in [-0.3, -0.25) is 24.5 Å². The molecular formula is C21H29N3O7. The fourth-order valence-electron chi connectivity index (χ4n) is 3.26. The van der Waals surface area contributed by atoms with Crippen LogP contribution in [0.3, 0.4) is 0 Å². The maximum atomic E-state index is 12.3. The number of carbonyl (C=O) groups is 3. The molecule has 1 saturated heterocycles. The summed E-state index contributed by atoms with van der Waals surface area (Å²) in [6.07, 6.45) is 0.930. The fraction of sp³-hybridized carbons (Fsp3) is 0.571. The van der Waals surface area contributed by atoms with Crippen LogP contribution in [0, 0.1) is 21.4 Å². The lowest BCUT2D eigenvalue weighted by Gasteiger charge is -2.34. The van der Waals surface area contributed by atoms with Gasteiger partial charge in [0, 0.05) is 18.5 Å². The number of nitro benzene ring substituents is 1. The molecule has 1 aromatic rings. The average Bonchev–Trinajstić information content (AvgIpc) is 2.72. The van der Waals surface area contributed by atoms with Gasteiger partial charge in [0.2, 0.25) is 5.91 Å². The predicted molar refractivity (Wildman–Crippen MR) is 113 cm³/mol. The second kappa shape index (κ2) is 10.2. The van der Waals surface area contributed by atoms with E-state index in [-0.39, 0.29) is 17.3 Å². The molecule has 0 aliphatic carbocycles. The van der Waals surface area contributed by atoms with Crippen molar-refractivity contribution in [3.63, 3.8) is 0 Å². The number of likely N-dealkylation sites (tertiary alicyclic amines) is 1. The van der Waals surface area contributed by atoms with Crippen molar-refractivity contribution in [1.29, 1.82) is 0 Å². The molecule has 0 radical (unpaired) electrons. The Morgan fingerprint density at radius 3 is 2.42 bits per heavy atom. The van der Waals surface area contributed by atoms with Gasteiger partial charge in [0.05, 0.1) is 23.5 Å². The molecule has 0 bridgehead atoms. The molecule has 2 rings (SSSR count). The van der Waals surface area contributed by atoms with Crippen molar-refractivity contribution in [1.82, 2.24) is 4.90 Å². The maximum Gasteiger partial charge on any atom is 0.309 e. The van der Waals surface area contributed by atoms with E-state index in [1.165, 1.54) is 18.2 Å². The molecule has 170 valence electrons. The van der Waals surface area contributed by atoms with E-state index in [1.807, 2.05) is 20.8 Å². The van der Waals surface area contributed by atoms with Gasteiger partial charge in [-0.05, 0) is 31.9 Å². The summed E-state index contributed by atoms with van der Waals surface area (Å²) >= 11 is 0. The van der Waals surface area contributed by atoms with E-state index in [9.17, 15) is 24.5 Å². The Balaban J connectivity index is 1.86. The predicted octanol–water partition coefficient (Wildman–Crippen LogP) is 2.76. The molecule has 1 aromatic carbocycles. The molecule has 1 aliphatic rings. The van der Waals surface area contributed by atoms with Gasteiger partial charge < -0.3 is 19.7 Å². The number of esters is 1. The minimum absolute atomic E-state index is 0.0106. The molecule has 0 atom stereocenters. The van der Waals surface area contributed by atoms with Gasteiger partial charge in [0.15, 0.2) is 6.61 Å². The molecule has 10 nitrogen and oxygen atoms in total. The zero-order valence-electron chi connectivity index (χ0n) is 18.3. The van der Waals surface area contributed by atoms with Crippen molar-refractivity contribution in [2.75, 3.05) is 31.6 Å². The van der Waals surface area contributed by atoms with Crippen molar-refractivity contribution in [3.8, 4) is 5.75 Å². The van der Waals surface area contributed by atoms with Crippen molar-refractivity contribution in [2.45, 2.75) is 40.5 Å². The minimum atomic E-state index is -0.680. The largest absolute Gasteiger partial charge is 0.494 e. The third kappa shape index (κ3) is 6.66. The third-order valence-corrected chi connectivity index (χ3v) is 4.85. The van der Waals surface area contributed by atoms with E-state index < -0.39 is 34.7 Å². The highest BCUT2D eigenvalue weighted by atomic mass is 16.6. The van der Waals surface area contributed by atoms with Gasteiger partial charge in [-0.25, -0.2) is 0 Å². The minimum Gasteiger partial charge on any atom is -0.494 e. The van der Waals surface area contributed by atoms with Crippen molar-refractivity contribution >= 4 is 29.2 Å². The Bertz CT molecular complexity index is 840. The number of nitrogens with zero attached hydrogens (tertiary/aromatic N) is 2. The topological polar surface area (TPSA) is 128 Å². The molecule has 31 heavy (non-hydrogen) atoms. The standard InChI is InChI=1S/C21H29N3O7/c1-5-30-15-6-7-16(17(12-15)24(28)29)22-18(25)13-31-19(26)14-8-10-23(11-9-14)20(27)21(2,3)4/h6-7,12,14H,5,8-11,13H2,1-4H3,(H,22,25). The number of rotatable bonds is 7. The summed E-state index contributed by atoms with van der Waals surface area (Å²) in [7, 11) is 0. The van der Waals surface area contributed by atoms with E-state index in [0.29, 0.717) is 38.3 Å². The molecule has 0 aromatic heterocycles. The van der Waals surface area contributed by atoms with Crippen LogP contribution in [0.15, 0.2) is 18.2 Å². The first-order chi connectivity index (χ1) is 14.5. The second-order valence-corrected chi connectivity index (χ2v) is 8.34. The van der Waals surface area contributed by atoms with Crippen LogP contribution < -0.4 is 10.1 Å². The van der Waals surface area contributed by atoms with Crippen LogP contribution in [0.1, 0.15) is 40.5 Å². The number of carbonyl (C=O) groups excluding carboxylic acids is 3. The number of nitro groups is 1. The van der Waals surface area contributed by atoms with Crippen molar-refractivity contribution in [2.24, 2.45) is 11.3 Å². The van der Waals surface area contributed by atoms with Gasteiger partial charge in [-0.1, -0.05) is 20.8 Å². The van der Waals surface area contributed by atoms with Crippen LogP contribution in [-0.2, 0) is 19.1 Å². The quantitative estimate of drug-likeness (QED) is 0.396. The summed E-state index contributed by atoms with van der Waals surface area (Å²) in [5.41, 5.74) is -0.806. The van der Waals surface area contributed by atoms with Crippen LogP contribution in [-0.4, -0.2) is 53.9 Å². The van der Waals surface area contributed by atoms with Crippen LogP contribution >= 0.6 is 0 Å². The van der Waals surface area contributed by atoms with Crippen LogP contribution in [0.2, 0.25) is 0 Å². The normalized spacial score (nSPS) is 14.6. The molecule has 10 heteroatoms. The number of piperidine rings is 1. The van der Waals surface area contributed by atoms with E-state index >= 15 is 0 Å². The highest BCUT2D eigenvalue weighted by Crippen LogP contribution is 2.29. The molecular weight excluding hydrogens is 406 g/mol. The Morgan fingerprint density at radius 1 is 1.23 bits per heavy atom. The lowest BCUT2D eigenvalue weighted by Crippen LogP contribution is -2.45. The van der Waals surface area contributed by atoms with Gasteiger partial charge in [-0.15, -0.1) is 0 Å². The number of ether oxygens (including phenoxy) is 2. The molecule has 1 fully saturated rings. The number of hydrogen-bond donors (Lipinski definition) is 1. The first kappa shape index (κ1) is 24.1. The van der Waals surface area contributed by atoms with E-state index in [0.717, 1.165) is 0 Å². The fourth-order valence-corrected chi connectivity index (χ4v) is 3.26. The zero-order chi connectivity index (χ0) is 23.2. The summed E-state index contributed by atoms with van der Waals surface area (Å²) in [5.74, 6) is -1.23. The first-order valence-corrected chi connectivity index (χ1v) is 10.2. The average molecular weight is 435 g/mol. The second-order valence-electron chi connectivity index (χ2n) is 8.34. The Hall–Kier alpha value is -3.17. The smallest absolute Gasteiger partial charge is 0.309 e. The van der Waals surface area contributed by atoms with Crippen molar-refractivity contribution < 1.29 is 28.8 Å². The van der Waals surface area contributed by atoms with Crippen molar-refractivity contribution in [3.05, 3.63) is 28.3 Å². The van der Waals surface area contributed by atoms with Gasteiger partial charge in [-0.2, -0.15) is 0 Å². The summed E-state index contributed by atoms with van der Waals surface area (Å²) in [5, 5.41) is 13.6.